The first-order chi connectivity index (χ1) is 6.56. The maximum Gasteiger partial charge on any atom is 0.163 e. The lowest BCUT2D eigenvalue weighted by Crippen LogP contribution is -1.96. The Morgan fingerprint density at radius 3 is 2.71 bits per heavy atom. The minimum atomic E-state index is -0.160. The van der Waals surface area contributed by atoms with Crippen molar-refractivity contribution in [1.82, 2.24) is 0 Å². The number of benzene rings is 1. The Labute approximate surface area is 90.8 Å². The van der Waals surface area contributed by atoms with E-state index in [1.165, 1.54) is 13.0 Å². The van der Waals surface area contributed by atoms with E-state index in [1.807, 2.05) is 0 Å². The number of ketones is 1. The predicted octanol–water partition coefficient (Wildman–Crippen LogP) is 2.50. The van der Waals surface area contributed by atoms with Crippen LogP contribution in [-0.2, 0) is 11.3 Å². The Morgan fingerprint density at radius 2 is 2.21 bits per heavy atom. The van der Waals surface area contributed by atoms with Crippen LogP contribution in [0, 0.1) is 0 Å². The predicted molar refractivity (Wildman–Crippen MR) is 56.5 cm³/mol. The van der Waals surface area contributed by atoms with Crippen molar-refractivity contribution in [2.75, 3.05) is 7.11 Å². The standard InChI is InChI=1S/C10H11BrO3/c1-6(12)8-4-9(11)7(5-14-2)3-10(8)13/h3-4,13H,5H2,1-2H3. The third-order valence-electron chi connectivity index (χ3n) is 1.84. The van der Waals surface area contributed by atoms with Crippen molar-refractivity contribution in [2.45, 2.75) is 13.5 Å². The summed E-state index contributed by atoms with van der Waals surface area (Å²) in [4.78, 5) is 11.1. The number of carbonyl (C=O) groups excluding carboxylic acids is 1. The van der Waals surface area contributed by atoms with Crippen LogP contribution in [0.4, 0.5) is 0 Å². The van der Waals surface area contributed by atoms with Gasteiger partial charge in [-0.05, 0) is 24.6 Å². The monoisotopic (exact) mass is 258 g/mol. The molecule has 76 valence electrons. The van der Waals surface area contributed by atoms with Gasteiger partial charge in [0.2, 0.25) is 0 Å². The molecule has 1 aromatic rings. The summed E-state index contributed by atoms with van der Waals surface area (Å²) in [6.45, 7) is 1.81. The van der Waals surface area contributed by atoms with Crippen LogP contribution in [0.25, 0.3) is 0 Å². The zero-order chi connectivity index (χ0) is 10.7. The van der Waals surface area contributed by atoms with E-state index in [1.54, 1.807) is 13.2 Å². The molecule has 14 heavy (non-hydrogen) atoms. The normalized spacial score (nSPS) is 10.2. The van der Waals surface area contributed by atoms with Gasteiger partial charge in [-0.2, -0.15) is 0 Å². The van der Waals surface area contributed by atoms with Crippen molar-refractivity contribution < 1.29 is 14.6 Å². The molecule has 0 saturated carbocycles. The molecular formula is C10H11BrO3. The quantitative estimate of drug-likeness (QED) is 0.848. The van der Waals surface area contributed by atoms with Gasteiger partial charge in [0, 0.05) is 11.6 Å². The second-order valence-electron chi connectivity index (χ2n) is 2.95. The molecular weight excluding hydrogens is 248 g/mol. The molecule has 3 nitrogen and oxygen atoms in total. The van der Waals surface area contributed by atoms with Crippen molar-refractivity contribution in [3.8, 4) is 5.75 Å². The molecule has 1 rings (SSSR count). The average molecular weight is 259 g/mol. The SMILES string of the molecule is COCc1cc(O)c(C(C)=O)cc1Br. The van der Waals surface area contributed by atoms with Crippen molar-refractivity contribution in [1.29, 1.82) is 0 Å². The summed E-state index contributed by atoms with van der Waals surface area (Å²) in [6, 6.07) is 3.14. The van der Waals surface area contributed by atoms with Gasteiger partial charge in [-0.25, -0.2) is 0 Å². The molecule has 0 aliphatic carbocycles. The summed E-state index contributed by atoms with van der Waals surface area (Å²) < 4.78 is 5.70. The second-order valence-corrected chi connectivity index (χ2v) is 3.80. The van der Waals surface area contributed by atoms with Crippen LogP contribution < -0.4 is 0 Å². The van der Waals surface area contributed by atoms with Crippen molar-refractivity contribution in [3.63, 3.8) is 0 Å². The fourth-order valence-corrected chi connectivity index (χ4v) is 1.61. The van der Waals surface area contributed by atoms with Crippen LogP contribution in [0.1, 0.15) is 22.8 Å². The molecule has 1 N–H and O–H groups in total. The highest BCUT2D eigenvalue weighted by Gasteiger charge is 2.10. The zero-order valence-corrected chi connectivity index (χ0v) is 9.59. The van der Waals surface area contributed by atoms with E-state index in [9.17, 15) is 9.90 Å². The molecule has 4 heteroatoms. The lowest BCUT2D eigenvalue weighted by Gasteiger charge is -2.07. The average Bonchev–Trinajstić information content (AvgIpc) is 2.10. The summed E-state index contributed by atoms with van der Waals surface area (Å²) in [5.74, 6) is -0.167. The van der Waals surface area contributed by atoms with Gasteiger partial charge in [0.25, 0.3) is 0 Å². The first-order valence-corrected chi connectivity index (χ1v) is 4.86. The fourth-order valence-electron chi connectivity index (χ4n) is 1.15. The lowest BCUT2D eigenvalue weighted by molar-refractivity contribution is 0.101. The van der Waals surface area contributed by atoms with E-state index in [4.69, 9.17) is 4.74 Å². The number of aromatic hydroxyl groups is 1. The lowest BCUT2D eigenvalue weighted by atomic mass is 10.1. The van der Waals surface area contributed by atoms with Crippen LogP contribution in [0.2, 0.25) is 0 Å². The molecule has 0 aliphatic rings. The number of methoxy groups -OCH3 is 1. The maximum atomic E-state index is 11.1. The molecule has 0 fully saturated rings. The number of phenolic OH excluding ortho intramolecular Hbond substituents is 1. The van der Waals surface area contributed by atoms with Gasteiger partial charge in [-0.1, -0.05) is 15.9 Å². The van der Waals surface area contributed by atoms with Crippen LogP contribution in [-0.4, -0.2) is 18.0 Å². The van der Waals surface area contributed by atoms with Crippen LogP contribution in [0.15, 0.2) is 16.6 Å². The van der Waals surface area contributed by atoms with Gasteiger partial charge in [-0.3, -0.25) is 4.79 Å². The molecule has 0 aromatic heterocycles. The number of hydrogen-bond donors (Lipinski definition) is 1. The Hall–Kier alpha value is -0.870. The highest BCUT2D eigenvalue weighted by molar-refractivity contribution is 9.10. The van der Waals surface area contributed by atoms with Gasteiger partial charge in [0.1, 0.15) is 5.75 Å². The number of rotatable bonds is 3. The summed E-state index contributed by atoms with van der Waals surface area (Å²) in [6.07, 6.45) is 0. The number of hydrogen-bond acceptors (Lipinski definition) is 3. The molecule has 0 heterocycles. The fraction of sp³-hybridized carbons (Fsp3) is 0.300. The van der Waals surface area contributed by atoms with E-state index in [2.05, 4.69) is 15.9 Å². The Bertz CT molecular complexity index is 361. The molecule has 0 saturated heterocycles. The minimum Gasteiger partial charge on any atom is -0.507 e. The highest BCUT2D eigenvalue weighted by atomic mass is 79.9. The second kappa shape index (κ2) is 4.57. The zero-order valence-electron chi connectivity index (χ0n) is 8.00. The van der Waals surface area contributed by atoms with Crippen LogP contribution >= 0.6 is 15.9 Å². The number of Topliss-reactive ketones (excluding diaryl/α,β-unsaturated/α-hetero) is 1. The summed E-state index contributed by atoms with van der Waals surface area (Å²) in [7, 11) is 1.57. The summed E-state index contributed by atoms with van der Waals surface area (Å²) in [5, 5.41) is 9.52. The summed E-state index contributed by atoms with van der Waals surface area (Å²) in [5.41, 5.74) is 1.13. The number of halogens is 1. The van der Waals surface area contributed by atoms with E-state index < -0.39 is 0 Å². The van der Waals surface area contributed by atoms with Gasteiger partial charge in [0.15, 0.2) is 5.78 Å². The third kappa shape index (κ3) is 2.33. The largest absolute Gasteiger partial charge is 0.507 e. The van der Waals surface area contributed by atoms with Crippen LogP contribution in [0.5, 0.6) is 5.75 Å². The van der Waals surface area contributed by atoms with Crippen molar-refractivity contribution in [3.05, 3.63) is 27.7 Å². The topological polar surface area (TPSA) is 46.5 Å². The Balaban J connectivity index is 3.17. The third-order valence-corrected chi connectivity index (χ3v) is 2.58. The van der Waals surface area contributed by atoms with E-state index >= 15 is 0 Å². The molecule has 0 aliphatic heterocycles. The van der Waals surface area contributed by atoms with Gasteiger partial charge in [0.05, 0.1) is 12.2 Å². The smallest absolute Gasteiger partial charge is 0.163 e. The molecule has 0 amide bonds. The highest BCUT2D eigenvalue weighted by Crippen LogP contribution is 2.27. The molecule has 0 atom stereocenters. The molecule has 0 radical (unpaired) electrons. The maximum absolute atomic E-state index is 11.1. The van der Waals surface area contributed by atoms with Gasteiger partial charge in [-0.15, -0.1) is 0 Å². The number of ether oxygens (including phenoxy) is 1. The van der Waals surface area contributed by atoms with Crippen molar-refractivity contribution in [2.24, 2.45) is 0 Å². The van der Waals surface area contributed by atoms with Gasteiger partial charge < -0.3 is 9.84 Å². The first kappa shape index (κ1) is 11.2. The number of phenols is 1. The van der Waals surface area contributed by atoms with Crippen LogP contribution in [0.3, 0.4) is 0 Å². The van der Waals surface area contributed by atoms with Crippen molar-refractivity contribution >= 4 is 21.7 Å². The molecule has 0 unspecified atom stereocenters. The van der Waals surface area contributed by atoms with E-state index in [-0.39, 0.29) is 11.5 Å². The Kier molecular flexibility index (Phi) is 3.66. The molecule has 0 spiro atoms. The minimum absolute atomic E-state index is 0.00671. The summed E-state index contributed by atoms with van der Waals surface area (Å²) >= 11 is 3.31. The molecule has 1 aromatic carbocycles. The number of carbonyl (C=O) groups is 1. The van der Waals surface area contributed by atoms with E-state index in [0.717, 1.165) is 10.0 Å². The molecule has 0 bridgehead atoms. The van der Waals surface area contributed by atoms with Gasteiger partial charge >= 0.3 is 0 Å². The Morgan fingerprint density at radius 1 is 1.57 bits per heavy atom. The van der Waals surface area contributed by atoms with E-state index in [0.29, 0.717) is 12.2 Å². The first-order valence-electron chi connectivity index (χ1n) is 4.07.